The molecule has 0 aliphatic carbocycles. The summed E-state index contributed by atoms with van der Waals surface area (Å²) in [4.78, 5) is 26.2. The summed E-state index contributed by atoms with van der Waals surface area (Å²) in [5.41, 5.74) is 0.185. The second kappa shape index (κ2) is 6.40. The molecule has 1 aromatic rings. The average Bonchev–Trinajstić information content (AvgIpc) is 2.38. The van der Waals surface area contributed by atoms with Gasteiger partial charge in [-0.1, -0.05) is 19.3 Å². The van der Waals surface area contributed by atoms with Crippen LogP contribution in [0.3, 0.4) is 0 Å². The van der Waals surface area contributed by atoms with Crippen molar-refractivity contribution in [1.82, 2.24) is 10.3 Å². The summed E-state index contributed by atoms with van der Waals surface area (Å²) >= 11 is 0. The van der Waals surface area contributed by atoms with E-state index in [-0.39, 0.29) is 17.3 Å². The molecule has 1 aromatic heterocycles. The molecule has 0 fully saturated rings. The van der Waals surface area contributed by atoms with Gasteiger partial charge >= 0.3 is 5.97 Å². The van der Waals surface area contributed by atoms with Crippen molar-refractivity contribution in [2.45, 2.75) is 25.8 Å². The quantitative estimate of drug-likeness (QED) is 0.768. The summed E-state index contributed by atoms with van der Waals surface area (Å²) in [6.07, 6.45) is 7.98. The Bertz CT molecular complexity index is 474. The number of pyridine rings is 1. The van der Waals surface area contributed by atoms with Gasteiger partial charge in [-0.3, -0.25) is 9.78 Å². The molecule has 0 saturated carbocycles. The van der Waals surface area contributed by atoms with E-state index in [1.54, 1.807) is 0 Å². The fourth-order valence-corrected chi connectivity index (χ4v) is 1.37. The molecular formula is C13H14N2O3. The lowest BCUT2D eigenvalue weighted by molar-refractivity contribution is 0.0695. The lowest BCUT2D eigenvalue weighted by Crippen LogP contribution is -2.34. The third kappa shape index (κ3) is 3.59. The number of aromatic nitrogens is 1. The molecule has 1 atom stereocenters. The predicted molar refractivity (Wildman–Crippen MR) is 66.2 cm³/mol. The monoisotopic (exact) mass is 246 g/mol. The number of amides is 1. The second-order valence-corrected chi connectivity index (χ2v) is 3.72. The van der Waals surface area contributed by atoms with Crippen molar-refractivity contribution in [3.05, 3.63) is 29.6 Å². The zero-order chi connectivity index (χ0) is 13.5. The molecule has 18 heavy (non-hydrogen) atoms. The Balaban J connectivity index is 2.73. The third-order valence-corrected chi connectivity index (χ3v) is 2.33. The molecule has 1 amide bonds. The van der Waals surface area contributed by atoms with Gasteiger partial charge in [-0.2, -0.15) is 0 Å². The van der Waals surface area contributed by atoms with E-state index in [9.17, 15) is 9.59 Å². The molecule has 5 heteroatoms. The van der Waals surface area contributed by atoms with Gasteiger partial charge in [0.05, 0.1) is 11.6 Å². The van der Waals surface area contributed by atoms with Crippen molar-refractivity contribution >= 4 is 11.9 Å². The summed E-state index contributed by atoms with van der Waals surface area (Å²) in [6, 6.07) is 2.36. The minimum Gasteiger partial charge on any atom is -0.478 e. The van der Waals surface area contributed by atoms with Gasteiger partial charge in [-0.25, -0.2) is 4.79 Å². The van der Waals surface area contributed by atoms with E-state index in [0.29, 0.717) is 6.42 Å². The highest BCUT2D eigenvalue weighted by molar-refractivity contribution is 5.94. The van der Waals surface area contributed by atoms with Crippen LogP contribution >= 0.6 is 0 Å². The van der Waals surface area contributed by atoms with E-state index in [0.717, 1.165) is 12.6 Å². The number of rotatable bonds is 5. The molecule has 1 rings (SSSR count). The van der Waals surface area contributed by atoms with Gasteiger partial charge in [0, 0.05) is 6.20 Å². The van der Waals surface area contributed by atoms with Gasteiger partial charge in [-0.15, -0.1) is 6.42 Å². The third-order valence-electron chi connectivity index (χ3n) is 2.33. The van der Waals surface area contributed by atoms with E-state index < -0.39 is 11.9 Å². The fraction of sp³-hybridized carbons (Fsp3) is 0.308. The molecule has 2 N–H and O–H groups in total. The molecule has 0 saturated heterocycles. The van der Waals surface area contributed by atoms with E-state index >= 15 is 0 Å². The topological polar surface area (TPSA) is 79.3 Å². The summed E-state index contributed by atoms with van der Waals surface area (Å²) in [5.74, 6) is 0.998. The van der Waals surface area contributed by atoms with Crippen LogP contribution in [0.5, 0.6) is 0 Å². The van der Waals surface area contributed by atoms with Crippen molar-refractivity contribution in [3.8, 4) is 12.3 Å². The lowest BCUT2D eigenvalue weighted by Gasteiger charge is -2.11. The maximum absolute atomic E-state index is 11.8. The SMILES string of the molecule is C#CC(CCC)NC(=O)c1ccc(C(=O)O)cn1. The largest absolute Gasteiger partial charge is 0.478 e. The molecule has 0 aliphatic heterocycles. The highest BCUT2D eigenvalue weighted by atomic mass is 16.4. The highest BCUT2D eigenvalue weighted by Crippen LogP contribution is 2.02. The average molecular weight is 246 g/mol. The van der Waals surface area contributed by atoms with E-state index in [4.69, 9.17) is 11.5 Å². The van der Waals surface area contributed by atoms with Crippen LogP contribution in [0.4, 0.5) is 0 Å². The van der Waals surface area contributed by atoms with E-state index in [1.807, 2.05) is 6.92 Å². The summed E-state index contributed by atoms with van der Waals surface area (Å²) in [5, 5.41) is 11.3. The number of nitrogens with one attached hydrogen (secondary N) is 1. The summed E-state index contributed by atoms with van der Waals surface area (Å²) in [6.45, 7) is 1.97. The molecule has 0 radical (unpaired) electrons. The van der Waals surface area contributed by atoms with Crippen LogP contribution in [0.25, 0.3) is 0 Å². The number of carbonyl (C=O) groups is 2. The first-order valence-corrected chi connectivity index (χ1v) is 5.54. The van der Waals surface area contributed by atoms with Crippen molar-refractivity contribution in [3.63, 3.8) is 0 Å². The maximum atomic E-state index is 11.8. The first kappa shape index (κ1) is 13.7. The standard InChI is InChI=1S/C13H14N2O3/c1-3-5-10(4-2)15-12(16)11-7-6-9(8-14-11)13(17)18/h2,6-8,10H,3,5H2,1H3,(H,15,16)(H,17,18). The minimum atomic E-state index is -1.08. The van der Waals surface area contributed by atoms with E-state index in [2.05, 4.69) is 16.2 Å². The molecule has 0 aliphatic rings. The Morgan fingerprint density at radius 2 is 2.28 bits per heavy atom. The number of carboxylic acid groups (broad SMARTS) is 1. The van der Waals surface area contributed by atoms with Gasteiger partial charge in [-0.05, 0) is 18.6 Å². The number of nitrogens with zero attached hydrogens (tertiary/aromatic N) is 1. The first-order chi connectivity index (χ1) is 8.58. The first-order valence-electron chi connectivity index (χ1n) is 5.54. The number of hydrogen-bond donors (Lipinski definition) is 2. The highest BCUT2D eigenvalue weighted by Gasteiger charge is 2.12. The van der Waals surface area contributed by atoms with Gasteiger partial charge in [0.2, 0.25) is 0 Å². The number of terminal acetylenes is 1. The van der Waals surface area contributed by atoms with Crippen LogP contribution in [-0.4, -0.2) is 28.0 Å². The molecule has 0 aromatic carbocycles. The predicted octanol–water partition coefficient (Wildman–Crippen LogP) is 1.31. The number of hydrogen-bond acceptors (Lipinski definition) is 3. The molecule has 5 nitrogen and oxygen atoms in total. The Labute approximate surface area is 105 Å². The van der Waals surface area contributed by atoms with Crippen LogP contribution in [-0.2, 0) is 0 Å². The van der Waals surface area contributed by atoms with Gasteiger partial charge < -0.3 is 10.4 Å². The van der Waals surface area contributed by atoms with Gasteiger partial charge in [0.15, 0.2) is 0 Å². The molecular weight excluding hydrogens is 232 g/mol. The molecule has 0 bridgehead atoms. The van der Waals surface area contributed by atoms with Crippen LogP contribution in [0, 0.1) is 12.3 Å². The number of aromatic carboxylic acids is 1. The minimum absolute atomic E-state index is 0.0357. The van der Waals surface area contributed by atoms with Crippen LogP contribution in [0.2, 0.25) is 0 Å². The van der Waals surface area contributed by atoms with Crippen LogP contribution < -0.4 is 5.32 Å². The number of carbonyl (C=O) groups excluding carboxylic acids is 1. The zero-order valence-corrected chi connectivity index (χ0v) is 10.0. The smallest absolute Gasteiger partial charge is 0.337 e. The van der Waals surface area contributed by atoms with Crippen molar-refractivity contribution in [2.24, 2.45) is 0 Å². The van der Waals surface area contributed by atoms with Gasteiger partial charge in [0.1, 0.15) is 5.69 Å². The summed E-state index contributed by atoms with van der Waals surface area (Å²) in [7, 11) is 0. The van der Waals surface area contributed by atoms with E-state index in [1.165, 1.54) is 12.1 Å². The number of carboxylic acids is 1. The Morgan fingerprint density at radius 1 is 1.56 bits per heavy atom. The van der Waals surface area contributed by atoms with Gasteiger partial charge in [0.25, 0.3) is 5.91 Å². The zero-order valence-electron chi connectivity index (χ0n) is 10.0. The lowest BCUT2D eigenvalue weighted by atomic mass is 10.1. The maximum Gasteiger partial charge on any atom is 0.337 e. The van der Waals surface area contributed by atoms with Crippen molar-refractivity contribution in [1.29, 1.82) is 0 Å². The Kier molecular flexibility index (Phi) is 4.88. The van der Waals surface area contributed by atoms with Crippen molar-refractivity contribution in [2.75, 3.05) is 0 Å². The Hall–Kier alpha value is -2.35. The molecule has 1 heterocycles. The Morgan fingerprint density at radius 3 is 2.72 bits per heavy atom. The second-order valence-electron chi connectivity index (χ2n) is 3.72. The van der Waals surface area contributed by atoms with Crippen LogP contribution in [0.1, 0.15) is 40.6 Å². The normalized spacial score (nSPS) is 11.3. The van der Waals surface area contributed by atoms with Crippen molar-refractivity contribution < 1.29 is 14.7 Å². The fourth-order valence-electron chi connectivity index (χ4n) is 1.37. The summed E-state index contributed by atoms with van der Waals surface area (Å²) < 4.78 is 0. The van der Waals surface area contributed by atoms with Crippen LogP contribution in [0.15, 0.2) is 18.3 Å². The molecule has 94 valence electrons. The molecule has 0 spiro atoms. The molecule has 1 unspecified atom stereocenters.